The van der Waals surface area contributed by atoms with Gasteiger partial charge >= 0.3 is 0 Å². The minimum absolute atomic E-state index is 0.172. The fraction of sp³-hybridized carbons (Fsp3) is 0.750. The van der Waals surface area contributed by atoms with Crippen LogP contribution >= 0.6 is 11.3 Å². The summed E-state index contributed by atoms with van der Waals surface area (Å²) < 4.78 is 11.0. The highest BCUT2D eigenvalue weighted by atomic mass is 32.1. The summed E-state index contributed by atoms with van der Waals surface area (Å²) in [6.45, 7) is 9.24. The maximum Gasteiger partial charge on any atom is 0.0933 e. The lowest BCUT2D eigenvalue weighted by molar-refractivity contribution is -0.0870. The number of hydrogen-bond acceptors (Lipinski definition) is 5. The second-order valence-electron chi connectivity index (χ2n) is 4.37. The SMILES string of the molecule is Cc1nc(C(C)NCC2COCCO2)c(C)s1. The predicted molar refractivity (Wildman–Crippen MR) is 68.6 cm³/mol. The van der Waals surface area contributed by atoms with Crippen LogP contribution in [-0.2, 0) is 9.47 Å². The summed E-state index contributed by atoms with van der Waals surface area (Å²) in [6, 6.07) is 0.269. The zero-order valence-corrected chi connectivity index (χ0v) is 11.5. The van der Waals surface area contributed by atoms with E-state index in [0.717, 1.165) is 23.9 Å². The number of ether oxygens (including phenoxy) is 2. The van der Waals surface area contributed by atoms with Crippen LogP contribution in [0.3, 0.4) is 0 Å². The highest BCUT2D eigenvalue weighted by Crippen LogP contribution is 2.22. The molecule has 96 valence electrons. The van der Waals surface area contributed by atoms with E-state index in [1.165, 1.54) is 4.88 Å². The monoisotopic (exact) mass is 256 g/mol. The van der Waals surface area contributed by atoms with Crippen LogP contribution in [0.2, 0.25) is 0 Å². The zero-order chi connectivity index (χ0) is 12.3. The van der Waals surface area contributed by atoms with Crippen molar-refractivity contribution in [2.24, 2.45) is 0 Å². The topological polar surface area (TPSA) is 43.4 Å². The molecule has 0 amide bonds. The molecular weight excluding hydrogens is 236 g/mol. The van der Waals surface area contributed by atoms with E-state index in [0.29, 0.717) is 13.2 Å². The molecule has 1 aliphatic rings. The Morgan fingerprint density at radius 1 is 1.47 bits per heavy atom. The van der Waals surface area contributed by atoms with Gasteiger partial charge in [0.2, 0.25) is 0 Å². The summed E-state index contributed by atoms with van der Waals surface area (Å²) in [5, 5.41) is 4.59. The second kappa shape index (κ2) is 5.91. The number of hydrogen-bond donors (Lipinski definition) is 1. The van der Waals surface area contributed by atoms with Crippen LogP contribution in [0.5, 0.6) is 0 Å². The summed E-state index contributed by atoms with van der Waals surface area (Å²) >= 11 is 1.75. The van der Waals surface area contributed by atoms with Gasteiger partial charge in [-0.1, -0.05) is 0 Å². The first-order valence-corrected chi connectivity index (χ1v) is 6.85. The lowest BCUT2D eigenvalue weighted by Gasteiger charge is -2.24. The standard InChI is InChI=1S/C12H20N2O2S/c1-8(12-9(2)17-10(3)14-12)13-6-11-7-15-4-5-16-11/h8,11,13H,4-7H2,1-3H3. The van der Waals surface area contributed by atoms with Crippen molar-refractivity contribution >= 4 is 11.3 Å². The molecule has 2 rings (SSSR count). The van der Waals surface area contributed by atoms with Crippen LogP contribution in [0.1, 0.15) is 28.5 Å². The third kappa shape index (κ3) is 3.48. The van der Waals surface area contributed by atoms with E-state index in [4.69, 9.17) is 9.47 Å². The number of thiazole rings is 1. The van der Waals surface area contributed by atoms with Crippen molar-refractivity contribution in [1.82, 2.24) is 10.3 Å². The molecule has 0 aliphatic carbocycles. The van der Waals surface area contributed by atoms with Crippen molar-refractivity contribution < 1.29 is 9.47 Å². The van der Waals surface area contributed by atoms with Gasteiger partial charge in [0.05, 0.1) is 36.6 Å². The molecule has 0 bridgehead atoms. The van der Waals surface area contributed by atoms with Gasteiger partial charge in [0.15, 0.2) is 0 Å². The molecule has 2 heterocycles. The number of nitrogens with one attached hydrogen (secondary N) is 1. The molecule has 1 aromatic heterocycles. The quantitative estimate of drug-likeness (QED) is 0.892. The molecule has 2 atom stereocenters. The number of rotatable bonds is 4. The van der Waals surface area contributed by atoms with E-state index in [1.807, 2.05) is 6.92 Å². The Labute approximate surface area is 106 Å². The molecule has 1 saturated heterocycles. The van der Waals surface area contributed by atoms with E-state index in [2.05, 4.69) is 24.1 Å². The molecule has 1 N–H and O–H groups in total. The molecular formula is C12H20N2O2S. The van der Waals surface area contributed by atoms with Gasteiger partial charge in [0, 0.05) is 17.5 Å². The molecule has 1 aromatic rings. The van der Waals surface area contributed by atoms with Crippen LogP contribution in [0, 0.1) is 13.8 Å². The number of aryl methyl sites for hydroxylation is 2. The second-order valence-corrected chi connectivity index (χ2v) is 5.78. The van der Waals surface area contributed by atoms with Gasteiger partial charge < -0.3 is 14.8 Å². The molecule has 17 heavy (non-hydrogen) atoms. The molecule has 5 heteroatoms. The van der Waals surface area contributed by atoms with Crippen LogP contribution in [0.4, 0.5) is 0 Å². The molecule has 1 aliphatic heterocycles. The molecule has 2 unspecified atom stereocenters. The van der Waals surface area contributed by atoms with Crippen molar-refractivity contribution in [3.8, 4) is 0 Å². The predicted octanol–water partition coefficient (Wildman–Crippen LogP) is 1.83. The largest absolute Gasteiger partial charge is 0.376 e. The number of nitrogens with zero attached hydrogens (tertiary/aromatic N) is 1. The first-order valence-electron chi connectivity index (χ1n) is 6.03. The zero-order valence-electron chi connectivity index (χ0n) is 10.7. The summed E-state index contributed by atoms with van der Waals surface area (Å²) in [4.78, 5) is 5.85. The van der Waals surface area contributed by atoms with E-state index in [9.17, 15) is 0 Å². The van der Waals surface area contributed by atoms with Crippen molar-refractivity contribution in [2.45, 2.75) is 32.9 Å². The first-order chi connectivity index (χ1) is 8.16. The van der Waals surface area contributed by atoms with Gasteiger partial charge in [-0.15, -0.1) is 11.3 Å². The van der Waals surface area contributed by atoms with Gasteiger partial charge in [-0.3, -0.25) is 0 Å². The van der Waals surface area contributed by atoms with Crippen molar-refractivity contribution in [2.75, 3.05) is 26.4 Å². The molecule has 0 saturated carbocycles. The highest BCUT2D eigenvalue weighted by Gasteiger charge is 2.17. The highest BCUT2D eigenvalue weighted by molar-refractivity contribution is 7.11. The third-order valence-corrected chi connectivity index (χ3v) is 3.79. The van der Waals surface area contributed by atoms with E-state index in [-0.39, 0.29) is 12.1 Å². The summed E-state index contributed by atoms with van der Waals surface area (Å²) in [5.41, 5.74) is 1.16. The van der Waals surface area contributed by atoms with Gasteiger partial charge in [-0.25, -0.2) is 4.98 Å². The molecule has 0 spiro atoms. The van der Waals surface area contributed by atoms with E-state index in [1.54, 1.807) is 11.3 Å². The maximum atomic E-state index is 5.59. The Balaban J connectivity index is 1.84. The van der Waals surface area contributed by atoms with Crippen molar-refractivity contribution in [3.63, 3.8) is 0 Å². The molecule has 1 fully saturated rings. The van der Waals surface area contributed by atoms with Crippen molar-refractivity contribution in [1.29, 1.82) is 0 Å². The fourth-order valence-corrected chi connectivity index (χ4v) is 2.92. The van der Waals surface area contributed by atoms with E-state index >= 15 is 0 Å². The minimum atomic E-state index is 0.172. The summed E-state index contributed by atoms with van der Waals surface area (Å²) in [6.07, 6.45) is 0.172. The van der Waals surface area contributed by atoms with Crippen LogP contribution in [-0.4, -0.2) is 37.5 Å². The van der Waals surface area contributed by atoms with Crippen LogP contribution < -0.4 is 5.32 Å². The minimum Gasteiger partial charge on any atom is -0.376 e. The van der Waals surface area contributed by atoms with Crippen molar-refractivity contribution in [3.05, 3.63) is 15.6 Å². The smallest absolute Gasteiger partial charge is 0.0933 e. The Bertz CT molecular complexity index is 361. The Hall–Kier alpha value is -0.490. The average Bonchev–Trinajstić information content (AvgIpc) is 2.67. The Morgan fingerprint density at radius 2 is 2.29 bits per heavy atom. The van der Waals surface area contributed by atoms with Gasteiger partial charge in [-0.2, -0.15) is 0 Å². The third-order valence-electron chi connectivity index (χ3n) is 2.89. The molecule has 0 aromatic carbocycles. The Kier molecular flexibility index (Phi) is 4.50. The van der Waals surface area contributed by atoms with Gasteiger partial charge in [0.1, 0.15) is 0 Å². The van der Waals surface area contributed by atoms with Gasteiger partial charge in [0.25, 0.3) is 0 Å². The maximum absolute atomic E-state index is 5.59. The lowest BCUT2D eigenvalue weighted by atomic mass is 10.2. The summed E-state index contributed by atoms with van der Waals surface area (Å²) in [7, 11) is 0. The number of aromatic nitrogens is 1. The van der Waals surface area contributed by atoms with Crippen LogP contribution in [0.25, 0.3) is 0 Å². The molecule has 0 radical (unpaired) electrons. The van der Waals surface area contributed by atoms with Gasteiger partial charge in [-0.05, 0) is 20.8 Å². The Morgan fingerprint density at radius 3 is 2.88 bits per heavy atom. The van der Waals surface area contributed by atoms with Crippen LogP contribution in [0.15, 0.2) is 0 Å². The van der Waals surface area contributed by atoms with E-state index < -0.39 is 0 Å². The molecule has 4 nitrogen and oxygen atoms in total. The lowest BCUT2D eigenvalue weighted by Crippen LogP contribution is -2.38. The fourth-order valence-electron chi connectivity index (χ4n) is 2.01. The normalized spacial score (nSPS) is 22.6. The average molecular weight is 256 g/mol. The summed E-state index contributed by atoms with van der Waals surface area (Å²) in [5.74, 6) is 0. The first kappa shape index (κ1) is 13.0.